The van der Waals surface area contributed by atoms with E-state index in [1.807, 2.05) is 6.07 Å². The van der Waals surface area contributed by atoms with E-state index < -0.39 is 0 Å². The van der Waals surface area contributed by atoms with Gasteiger partial charge >= 0.3 is 0 Å². The Morgan fingerprint density at radius 3 is 2.80 bits per heavy atom. The zero-order valence-electron chi connectivity index (χ0n) is 7.84. The summed E-state index contributed by atoms with van der Waals surface area (Å²) < 4.78 is 4.96. The van der Waals surface area contributed by atoms with Crippen molar-refractivity contribution in [2.45, 2.75) is 6.54 Å². The predicted molar refractivity (Wildman–Crippen MR) is 62.5 cm³/mol. The van der Waals surface area contributed by atoms with Crippen molar-refractivity contribution in [3.05, 3.63) is 52.4 Å². The zero-order valence-corrected chi connectivity index (χ0v) is 9.35. The Balaban J connectivity index is 2.07. The molecule has 0 bridgehead atoms. The van der Waals surface area contributed by atoms with Crippen LogP contribution in [0.4, 0.5) is 5.69 Å². The molecule has 0 aliphatic rings. The molecule has 0 spiro atoms. The molecule has 2 rings (SSSR count). The van der Waals surface area contributed by atoms with Gasteiger partial charge in [0.1, 0.15) is 0 Å². The zero-order chi connectivity index (χ0) is 10.7. The standard InChI is InChI=1S/C11H9Cl2NO/c12-9-1-2-10(13)11(5-9)14-6-8-3-4-15-7-8/h1-5,7,14H,6H2. The van der Waals surface area contributed by atoms with Gasteiger partial charge in [-0.3, -0.25) is 0 Å². The Morgan fingerprint density at radius 2 is 2.07 bits per heavy atom. The first-order valence-electron chi connectivity index (χ1n) is 4.46. The van der Waals surface area contributed by atoms with E-state index in [4.69, 9.17) is 27.6 Å². The van der Waals surface area contributed by atoms with Crippen molar-refractivity contribution in [3.63, 3.8) is 0 Å². The predicted octanol–water partition coefficient (Wildman–Crippen LogP) is 4.20. The smallest absolute Gasteiger partial charge is 0.0952 e. The molecule has 2 aromatic rings. The number of rotatable bonds is 3. The van der Waals surface area contributed by atoms with Crippen molar-refractivity contribution in [1.82, 2.24) is 0 Å². The van der Waals surface area contributed by atoms with Crippen molar-refractivity contribution in [2.75, 3.05) is 5.32 Å². The lowest BCUT2D eigenvalue weighted by Gasteiger charge is -2.07. The molecule has 0 aliphatic carbocycles. The van der Waals surface area contributed by atoms with Gasteiger partial charge in [-0.15, -0.1) is 0 Å². The van der Waals surface area contributed by atoms with Crippen LogP contribution < -0.4 is 5.32 Å². The number of hydrogen-bond donors (Lipinski definition) is 1. The molecule has 2 nitrogen and oxygen atoms in total. The number of furan rings is 1. The summed E-state index contributed by atoms with van der Waals surface area (Å²) in [6, 6.07) is 7.21. The lowest BCUT2D eigenvalue weighted by Crippen LogP contribution is -1.98. The van der Waals surface area contributed by atoms with Crippen LogP contribution in [0.1, 0.15) is 5.56 Å². The Morgan fingerprint density at radius 1 is 1.20 bits per heavy atom. The van der Waals surface area contributed by atoms with Crippen LogP contribution in [0, 0.1) is 0 Å². The summed E-state index contributed by atoms with van der Waals surface area (Å²) in [5.41, 5.74) is 1.89. The molecular formula is C11H9Cl2NO. The minimum Gasteiger partial charge on any atom is -0.472 e. The topological polar surface area (TPSA) is 25.2 Å². The summed E-state index contributed by atoms with van der Waals surface area (Å²) in [5, 5.41) is 4.50. The molecule has 0 unspecified atom stereocenters. The molecule has 1 aromatic heterocycles. The van der Waals surface area contributed by atoms with Crippen LogP contribution in [0.2, 0.25) is 10.0 Å². The summed E-state index contributed by atoms with van der Waals surface area (Å²) in [6.07, 6.45) is 3.32. The highest BCUT2D eigenvalue weighted by Gasteiger charge is 2.01. The SMILES string of the molecule is Clc1ccc(Cl)c(NCc2ccoc2)c1. The number of nitrogens with one attached hydrogen (secondary N) is 1. The van der Waals surface area contributed by atoms with E-state index in [2.05, 4.69) is 5.32 Å². The van der Waals surface area contributed by atoms with Crippen molar-refractivity contribution < 1.29 is 4.42 Å². The van der Waals surface area contributed by atoms with Crippen LogP contribution in [0.5, 0.6) is 0 Å². The Bertz CT molecular complexity index is 440. The van der Waals surface area contributed by atoms with Crippen LogP contribution in [0.3, 0.4) is 0 Å². The minimum atomic E-state index is 0.655. The first-order valence-corrected chi connectivity index (χ1v) is 5.21. The molecule has 1 heterocycles. The number of hydrogen-bond acceptors (Lipinski definition) is 2. The summed E-state index contributed by atoms with van der Waals surface area (Å²) in [7, 11) is 0. The van der Waals surface area contributed by atoms with Gasteiger partial charge in [0.2, 0.25) is 0 Å². The second-order valence-corrected chi connectivity index (χ2v) is 3.95. The largest absolute Gasteiger partial charge is 0.472 e. The number of halogens is 2. The minimum absolute atomic E-state index is 0.655. The molecule has 1 aromatic carbocycles. The molecule has 0 atom stereocenters. The highest BCUT2D eigenvalue weighted by Crippen LogP contribution is 2.25. The number of benzene rings is 1. The third-order valence-corrected chi connectivity index (χ3v) is 2.56. The van der Waals surface area contributed by atoms with Gasteiger partial charge in [0, 0.05) is 17.1 Å². The van der Waals surface area contributed by atoms with E-state index in [1.165, 1.54) is 0 Å². The molecule has 0 radical (unpaired) electrons. The molecule has 1 N–H and O–H groups in total. The molecule has 0 amide bonds. The van der Waals surface area contributed by atoms with Gasteiger partial charge in [0.05, 0.1) is 23.2 Å². The lowest BCUT2D eigenvalue weighted by molar-refractivity contribution is 0.564. The molecule has 0 saturated carbocycles. The van der Waals surface area contributed by atoms with Crippen LogP contribution in [-0.4, -0.2) is 0 Å². The average Bonchev–Trinajstić information content (AvgIpc) is 2.72. The number of anilines is 1. The second-order valence-electron chi connectivity index (χ2n) is 3.11. The van der Waals surface area contributed by atoms with Gasteiger partial charge in [-0.05, 0) is 24.3 Å². The molecule has 78 valence electrons. The quantitative estimate of drug-likeness (QED) is 0.872. The summed E-state index contributed by atoms with van der Waals surface area (Å²) in [5.74, 6) is 0. The molecule has 15 heavy (non-hydrogen) atoms. The van der Waals surface area contributed by atoms with E-state index >= 15 is 0 Å². The van der Waals surface area contributed by atoms with Crippen LogP contribution in [0.25, 0.3) is 0 Å². The van der Waals surface area contributed by atoms with Crippen molar-refractivity contribution in [3.8, 4) is 0 Å². The van der Waals surface area contributed by atoms with Gasteiger partial charge in [-0.1, -0.05) is 23.2 Å². The van der Waals surface area contributed by atoms with Crippen molar-refractivity contribution >= 4 is 28.9 Å². The molecule has 0 aliphatic heterocycles. The van der Waals surface area contributed by atoms with Crippen molar-refractivity contribution in [2.24, 2.45) is 0 Å². The maximum Gasteiger partial charge on any atom is 0.0952 e. The van der Waals surface area contributed by atoms with Gasteiger partial charge < -0.3 is 9.73 Å². The first kappa shape index (κ1) is 10.4. The maximum absolute atomic E-state index is 5.99. The normalized spacial score (nSPS) is 10.3. The Labute approximate surface area is 97.8 Å². The van der Waals surface area contributed by atoms with Crippen LogP contribution in [-0.2, 0) is 6.54 Å². The Hall–Kier alpha value is -1.12. The summed E-state index contributed by atoms with van der Waals surface area (Å²) in [4.78, 5) is 0. The second kappa shape index (κ2) is 4.60. The highest BCUT2D eigenvalue weighted by atomic mass is 35.5. The van der Waals surface area contributed by atoms with Gasteiger partial charge in [-0.2, -0.15) is 0 Å². The third kappa shape index (κ3) is 2.67. The maximum atomic E-state index is 5.99. The first-order chi connectivity index (χ1) is 7.25. The van der Waals surface area contributed by atoms with Crippen LogP contribution >= 0.6 is 23.2 Å². The fourth-order valence-corrected chi connectivity index (χ4v) is 1.58. The van der Waals surface area contributed by atoms with E-state index in [1.54, 1.807) is 30.7 Å². The fraction of sp³-hybridized carbons (Fsp3) is 0.0909. The van der Waals surface area contributed by atoms with E-state index in [0.29, 0.717) is 16.6 Å². The third-order valence-electron chi connectivity index (χ3n) is 1.99. The van der Waals surface area contributed by atoms with E-state index in [9.17, 15) is 0 Å². The molecule has 0 saturated heterocycles. The molecular weight excluding hydrogens is 233 g/mol. The summed E-state index contributed by atoms with van der Waals surface area (Å²) >= 11 is 11.9. The van der Waals surface area contributed by atoms with E-state index in [-0.39, 0.29) is 0 Å². The van der Waals surface area contributed by atoms with Gasteiger partial charge in [-0.25, -0.2) is 0 Å². The van der Waals surface area contributed by atoms with E-state index in [0.717, 1.165) is 11.3 Å². The molecule has 0 fully saturated rings. The van der Waals surface area contributed by atoms with Crippen molar-refractivity contribution in [1.29, 1.82) is 0 Å². The Kier molecular flexibility index (Phi) is 3.19. The van der Waals surface area contributed by atoms with Gasteiger partial charge in [0.25, 0.3) is 0 Å². The van der Waals surface area contributed by atoms with Gasteiger partial charge in [0.15, 0.2) is 0 Å². The lowest BCUT2D eigenvalue weighted by atomic mass is 10.3. The van der Waals surface area contributed by atoms with Crippen LogP contribution in [0.15, 0.2) is 41.2 Å². The summed E-state index contributed by atoms with van der Waals surface area (Å²) in [6.45, 7) is 0.663. The fourth-order valence-electron chi connectivity index (χ4n) is 1.22. The average molecular weight is 242 g/mol. The molecule has 4 heteroatoms. The monoisotopic (exact) mass is 241 g/mol. The highest BCUT2D eigenvalue weighted by molar-refractivity contribution is 6.35.